The van der Waals surface area contributed by atoms with Crippen molar-refractivity contribution in [3.8, 4) is 5.75 Å². The van der Waals surface area contributed by atoms with Crippen molar-refractivity contribution >= 4 is 12.9 Å². The molecule has 0 aliphatic heterocycles. The number of hydrogen-bond donors (Lipinski definition) is 0. The van der Waals surface area contributed by atoms with Crippen molar-refractivity contribution in [3.05, 3.63) is 35.9 Å². The Morgan fingerprint density at radius 1 is 1.16 bits per heavy atom. The van der Waals surface area contributed by atoms with Gasteiger partial charge in [-0.1, -0.05) is 18.2 Å². The van der Waals surface area contributed by atoms with Crippen molar-refractivity contribution < 1.29 is 18.3 Å². The van der Waals surface area contributed by atoms with Gasteiger partial charge in [-0.15, -0.1) is 0 Å². The Labute approximate surface area is 114 Å². The smallest absolute Gasteiger partial charge is 0.361 e. The van der Waals surface area contributed by atoms with Crippen molar-refractivity contribution in [3.63, 3.8) is 0 Å². The van der Waals surface area contributed by atoms with Gasteiger partial charge in [-0.3, -0.25) is 4.57 Å². The summed E-state index contributed by atoms with van der Waals surface area (Å²) in [7, 11) is -1.65. The third kappa shape index (κ3) is 3.93. The minimum absolute atomic E-state index is 0.338. The summed E-state index contributed by atoms with van der Waals surface area (Å²) in [6, 6.07) is 7.33. The van der Waals surface area contributed by atoms with Crippen LogP contribution in [0.1, 0.15) is 26.3 Å². The Balaban J connectivity index is 3.13. The molecule has 19 heavy (non-hydrogen) atoms. The molecule has 0 fully saturated rings. The van der Waals surface area contributed by atoms with Gasteiger partial charge in [0.25, 0.3) is 0 Å². The van der Waals surface area contributed by atoms with Gasteiger partial charge in [-0.25, -0.2) is 0 Å². The number of benzene rings is 1. The van der Waals surface area contributed by atoms with E-state index >= 15 is 0 Å². The third-order valence-corrected chi connectivity index (χ3v) is 4.86. The van der Waals surface area contributed by atoms with E-state index in [1.165, 1.54) is 0 Å². The van der Waals surface area contributed by atoms with Gasteiger partial charge in [0, 0.05) is 0 Å². The number of hydrogen-bond acceptors (Lipinski definition) is 4. The van der Waals surface area contributed by atoms with Crippen LogP contribution < -0.4 is 4.74 Å². The minimum Gasteiger partial charge on any atom is -0.497 e. The molecule has 0 spiro atoms. The molecule has 106 valence electrons. The van der Waals surface area contributed by atoms with Gasteiger partial charge in [-0.2, -0.15) is 0 Å². The molecule has 5 heteroatoms. The van der Waals surface area contributed by atoms with Gasteiger partial charge in [0.2, 0.25) is 0 Å². The maximum Gasteiger partial charge on any atom is 0.361 e. The molecule has 0 unspecified atom stereocenters. The van der Waals surface area contributed by atoms with Crippen LogP contribution in [0.25, 0.3) is 5.31 Å². The average molecular weight is 284 g/mol. The van der Waals surface area contributed by atoms with E-state index in [1.807, 2.05) is 31.2 Å². The van der Waals surface area contributed by atoms with Crippen molar-refractivity contribution in [2.24, 2.45) is 0 Å². The molecule has 0 N–H and O–H groups in total. The maximum atomic E-state index is 12.8. The fourth-order valence-electron chi connectivity index (χ4n) is 1.76. The summed E-state index contributed by atoms with van der Waals surface area (Å²) >= 11 is 0. The summed E-state index contributed by atoms with van der Waals surface area (Å²) in [6.45, 7) is 6.10. The molecule has 0 saturated carbocycles. The van der Waals surface area contributed by atoms with Crippen LogP contribution in [0.4, 0.5) is 0 Å². The number of allylic oxidation sites excluding steroid dienone is 1. The normalized spacial score (nSPS) is 12.5. The lowest BCUT2D eigenvalue weighted by Gasteiger charge is -2.20. The highest BCUT2D eigenvalue weighted by molar-refractivity contribution is 7.65. The highest BCUT2D eigenvalue weighted by atomic mass is 31.2. The van der Waals surface area contributed by atoms with E-state index < -0.39 is 7.60 Å². The van der Waals surface area contributed by atoms with Crippen LogP contribution in [-0.4, -0.2) is 20.3 Å². The molecule has 0 aromatic heterocycles. The van der Waals surface area contributed by atoms with Gasteiger partial charge < -0.3 is 13.8 Å². The summed E-state index contributed by atoms with van der Waals surface area (Å²) < 4.78 is 28.6. The van der Waals surface area contributed by atoms with E-state index in [4.69, 9.17) is 13.8 Å². The van der Waals surface area contributed by atoms with E-state index in [2.05, 4.69) is 0 Å². The molecule has 0 heterocycles. The van der Waals surface area contributed by atoms with Gasteiger partial charge in [0.05, 0.1) is 25.6 Å². The molecule has 1 aromatic carbocycles. The molecule has 0 bridgehead atoms. The second-order valence-corrected chi connectivity index (χ2v) is 5.73. The summed E-state index contributed by atoms with van der Waals surface area (Å²) in [5.74, 6) is 0.752. The van der Waals surface area contributed by atoms with Crippen LogP contribution in [0.3, 0.4) is 0 Å². The molecule has 1 rings (SSSR count). The quantitative estimate of drug-likeness (QED) is 0.699. The van der Waals surface area contributed by atoms with Crippen LogP contribution in [0.15, 0.2) is 30.3 Å². The van der Waals surface area contributed by atoms with Crippen molar-refractivity contribution in [1.82, 2.24) is 0 Å². The minimum atomic E-state index is -3.25. The summed E-state index contributed by atoms with van der Waals surface area (Å²) in [5.41, 5.74) is 0.813. The van der Waals surface area contributed by atoms with E-state index in [1.54, 1.807) is 27.0 Å². The molecule has 4 nitrogen and oxygen atoms in total. The zero-order valence-corrected chi connectivity index (χ0v) is 12.8. The summed E-state index contributed by atoms with van der Waals surface area (Å²) in [4.78, 5) is 0. The Hall–Kier alpha value is -1.09. The molecule has 0 amide bonds. The van der Waals surface area contributed by atoms with Gasteiger partial charge in [-0.05, 0) is 38.5 Å². The fourth-order valence-corrected chi connectivity index (χ4v) is 3.58. The first-order chi connectivity index (χ1) is 9.11. The van der Waals surface area contributed by atoms with Gasteiger partial charge >= 0.3 is 7.60 Å². The fraction of sp³-hybridized carbons (Fsp3) is 0.429. The van der Waals surface area contributed by atoms with Crippen LogP contribution in [0.5, 0.6) is 5.75 Å². The zero-order valence-electron chi connectivity index (χ0n) is 11.9. The second kappa shape index (κ2) is 7.49. The maximum absolute atomic E-state index is 12.8. The van der Waals surface area contributed by atoms with Crippen LogP contribution in [-0.2, 0) is 13.6 Å². The number of rotatable bonds is 7. The topological polar surface area (TPSA) is 44.8 Å². The third-order valence-electron chi connectivity index (χ3n) is 2.55. The predicted molar refractivity (Wildman–Crippen MR) is 77.5 cm³/mol. The largest absolute Gasteiger partial charge is 0.497 e. The van der Waals surface area contributed by atoms with Gasteiger partial charge in [0.1, 0.15) is 5.75 Å². The van der Waals surface area contributed by atoms with E-state index in [0.717, 1.165) is 11.3 Å². The molecule has 0 radical (unpaired) electrons. The summed E-state index contributed by atoms with van der Waals surface area (Å²) in [5, 5.41) is 0.582. The molecule has 0 atom stereocenters. The average Bonchev–Trinajstić information content (AvgIpc) is 2.40. The predicted octanol–water partition coefficient (Wildman–Crippen LogP) is 4.32. The molecule has 0 aliphatic carbocycles. The van der Waals surface area contributed by atoms with Crippen molar-refractivity contribution in [2.45, 2.75) is 20.8 Å². The first-order valence-corrected chi connectivity index (χ1v) is 7.86. The Morgan fingerprint density at radius 3 is 2.05 bits per heavy atom. The lowest BCUT2D eigenvalue weighted by molar-refractivity contribution is 0.230. The SMILES string of the molecule is C/C=C(/c1ccc(OC)cc1)P(=O)(OCC)OCC. The zero-order chi connectivity index (χ0) is 14.3. The van der Waals surface area contributed by atoms with Crippen molar-refractivity contribution in [1.29, 1.82) is 0 Å². The Morgan fingerprint density at radius 2 is 1.68 bits per heavy atom. The van der Waals surface area contributed by atoms with Crippen LogP contribution in [0, 0.1) is 0 Å². The lowest BCUT2D eigenvalue weighted by atomic mass is 10.2. The molecular weight excluding hydrogens is 263 g/mol. The highest BCUT2D eigenvalue weighted by Crippen LogP contribution is 2.60. The van der Waals surface area contributed by atoms with E-state index in [0.29, 0.717) is 18.5 Å². The molecule has 0 aliphatic rings. The van der Waals surface area contributed by atoms with Crippen molar-refractivity contribution in [2.75, 3.05) is 20.3 Å². The summed E-state index contributed by atoms with van der Waals surface area (Å²) in [6.07, 6.45) is 1.77. The van der Waals surface area contributed by atoms with Gasteiger partial charge in [0.15, 0.2) is 0 Å². The molecule has 0 saturated heterocycles. The molecular formula is C14H21O4P. The highest BCUT2D eigenvalue weighted by Gasteiger charge is 2.30. The Bertz CT molecular complexity index is 455. The van der Waals surface area contributed by atoms with E-state index in [9.17, 15) is 4.57 Å². The van der Waals surface area contributed by atoms with Crippen LogP contribution in [0.2, 0.25) is 0 Å². The van der Waals surface area contributed by atoms with E-state index in [-0.39, 0.29) is 0 Å². The number of methoxy groups -OCH3 is 1. The van der Waals surface area contributed by atoms with Crippen LogP contribution >= 0.6 is 7.60 Å². The Kier molecular flexibility index (Phi) is 6.29. The lowest BCUT2D eigenvalue weighted by Crippen LogP contribution is -1.98. The first-order valence-electron chi connectivity index (χ1n) is 6.31. The molecule has 1 aromatic rings. The standard InChI is InChI=1S/C14H21O4P/c1-5-14(19(15,17-6-2)18-7-3)12-8-10-13(16-4)11-9-12/h5,8-11H,6-7H2,1-4H3/b14-5-. The first kappa shape index (κ1) is 16.0. The second-order valence-electron chi connectivity index (χ2n) is 3.74. The number of ether oxygens (including phenoxy) is 1. The monoisotopic (exact) mass is 284 g/mol.